The minimum atomic E-state index is -1.14. The van der Waals surface area contributed by atoms with E-state index in [-0.39, 0.29) is 36.4 Å². The van der Waals surface area contributed by atoms with Crippen molar-refractivity contribution in [1.29, 1.82) is 0 Å². The quantitative estimate of drug-likeness (QED) is 0.346. The zero-order chi connectivity index (χ0) is 22.3. The number of hydrogen-bond donors (Lipinski definition) is 1. The smallest absolute Gasteiger partial charge is 0.342 e. The molecule has 9 heteroatoms. The Morgan fingerprint density at radius 3 is 2.63 bits per heavy atom. The molecule has 1 heterocycles. The minimum absolute atomic E-state index is 0.00326. The van der Waals surface area contributed by atoms with Crippen LogP contribution in [0.3, 0.4) is 0 Å². The molecule has 2 atom stereocenters. The van der Waals surface area contributed by atoms with Crippen LogP contribution in [0, 0.1) is 5.92 Å². The standard InChI is InChI=1S/C21H21N2O7/c1-12-6-7-17(25)20(27)16(24)5-3-4-14-10-15(29-9-8-23-22)11-18(26)19(14)21(28)30-13(12)2/h3-4,6-7,10-13,26H,5,8-9H2,1-2H3/q-1/b4-3+,7-6-/t12-,13+/m1/s1. The molecule has 0 bridgehead atoms. The zero-order valence-corrected chi connectivity index (χ0v) is 16.5. The number of ether oxygens (including phenoxy) is 2. The van der Waals surface area contributed by atoms with Crippen molar-refractivity contribution in [2.75, 3.05) is 13.2 Å². The number of nitrogens with zero attached hydrogens (tertiary/aromatic N) is 2. The van der Waals surface area contributed by atoms with E-state index in [1.54, 1.807) is 13.8 Å². The highest BCUT2D eigenvalue weighted by molar-refractivity contribution is 6.66. The van der Waals surface area contributed by atoms with Crippen molar-refractivity contribution in [3.05, 3.63) is 47.0 Å². The van der Waals surface area contributed by atoms with E-state index in [9.17, 15) is 24.3 Å². The maximum atomic E-state index is 12.7. The lowest BCUT2D eigenvalue weighted by Crippen LogP contribution is -2.24. The van der Waals surface area contributed by atoms with Crippen LogP contribution >= 0.6 is 0 Å². The summed E-state index contributed by atoms with van der Waals surface area (Å²) in [5.41, 5.74) is 8.54. The first kappa shape index (κ1) is 22.7. The third-order valence-corrected chi connectivity index (χ3v) is 4.45. The van der Waals surface area contributed by atoms with Gasteiger partial charge in [-0.3, -0.25) is 14.4 Å². The molecule has 1 aromatic rings. The van der Waals surface area contributed by atoms with Crippen molar-refractivity contribution < 1.29 is 33.8 Å². The predicted octanol–water partition coefficient (Wildman–Crippen LogP) is 2.65. The number of fused-ring (bicyclic) bond motifs is 1. The van der Waals surface area contributed by atoms with Crippen LogP contribution in [0.5, 0.6) is 11.5 Å². The van der Waals surface area contributed by atoms with Gasteiger partial charge in [0.15, 0.2) is 0 Å². The molecule has 0 amide bonds. The number of phenolic OH excluding ortho intramolecular Hbond substituents is 1. The van der Waals surface area contributed by atoms with Crippen LogP contribution in [0.1, 0.15) is 36.2 Å². The molecule has 9 nitrogen and oxygen atoms in total. The molecule has 1 aromatic carbocycles. The fraction of sp³-hybridized carbons (Fsp3) is 0.333. The lowest BCUT2D eigenvalue weighted by molar-refractivity contribution is -0.142. The number of aromatic hydroxyl groups is 1. The normalized spacial score (nSPS) is 22.5. The Labute approximate surface area is 172 Å². The van der Waals surface area contributed by atoms with E-state index in [0.717, 1.165) is 6.08 Å². The van der Waals surface area contributed by atoms with Gasteiger partial charge in [-0.25, -0.2) is 4.79 Å². The SMILES string of the molecule is C[C@@H]1/C=C\C(=O)C(=O)C(=O)C/C=C/c2cc(OCCN=[N-])cc(O)c2C(=O)O[C@H]1C. The molecule has 0 radical (unpaired) electrons. The summed E-state index contributed by atoms with van der Waals surface area (Å²) < 4.78 is 10.8. The highest BCUT2D eigenvalue weighted by Crippen LogP contribution is 2.30. The summed E-state index contributed by atoms with van der Waals surface area (Å²) in [6.07, 6.45) is 3.98. The van der Waals surface area contributed by atoms with Crippen LogP contribution in [-0.2, 0) is 19.1 Å². The number of hydrogen-bond acceptors (Lipinski definition) is 8. The predicted molar refractivity (Wildman–Crippen MR) is 106 cm³/mol. The summed E-state index contributed by atoms with van der Waals surface area (Å²) in [4.78, 5) is 48.4. The molecule has 1 aliphatic heterocycles. The van der Waals surface area contributed by atoms with Crippen molar-refractivity contribution >= 4 is 29.4 Å². The molecule has 0 aliphatic carbocycles. The van der Waals surface area contributed by atoms with Gasteiger partial charge in [-0.2, -0.15) is 0 Å². The molecule has 158 valence electrons. The Kier molecular flexibility index (Phi) is 7.74. The lowest BCUT2D eigenvalue weighted by atomic mass is 10.0. The van der Waals surface area contributed by atoms with Crippen molar-refractivity contribution in [2.24, 2.45) is 11.0 Å². The number of cyclic esters (lactones) is 1. The highest BCUT2D eigenvalue weighted by Gasteiger charge is 2.24. The summed E-state index contributed by atoms with van der Waals surface area (Å²) in [5.74, 6) is -4.44. The first-order chi connectivity index (χ1) is 14.2. The Balaban J connectivity index is 2.48. The van der Waals surface area contributed by atoms with Gasteiger partial charge in [-0.15, -0.1) is 0 Å². The van der Waals surface area contributed by atoms with Crippen LogP contribution in [0.2, 0.25) is 0 Å². The topological polar surface area (TPSA) is 142 Å². The molecule has 30 heavy (non-hydrogen) atoms. The second kappa shape index (κ2) is 10.2. The van der Waals surface area contributed by atoms with Gasteiger partial charge in [-0.1, -0.05) is 25.2 Å². The molecule has 0 unspecified atom stereocenters. The third kappa shape index (κ3) is 5.69. The van der Waals surface area contributed by atoms with Crippen LogP contribution in [0.15, 0.2) is 35.5 Å². The summed E-state index contributed by atoms with van der Waals surface area (Å²) in [6.45, 7) is 3.30. The number of phenols is 1. The van der Waals surface area contributed by atoms with Gasteiger partial charge < -0.3 is 25.2 Å². The van der Waals surface area contributed by atoms with Gasteiger partial charge in [0.2, 0.25) is 11.6 Å². The molecule has 0 spiro atoms. The van der Waals surface area contributed by atoms with Crippen molar-refractivity contribution in [3.63, 3.8) is 0 Å². The van der Waals surface area contributed by atoms with Crippen LogP contribution in [0.4, 0.5) is 0 Å². The highest BCUT2D eigenvalue weighted by atomic mass is 16.5. The number of carbonyl (C=O) groups excluding carboxylic acids is 4. The number of ketones is 3. The van der Waals surface area contributed by atoms with Gasteiger partial charge in [0.1, 0.15) is 29.8 Å². The number of rotatable bonds is 4. The molecular weight excluding hydrogens is 392 g/mol. The molecule has 1 N–H and O–H groups in total. The first-order valence-electron chi connectivity index (χ1n) is 9.22. The molecular formula is C21H21N2O7-. The molecule has 1 aliphatic rings. The van der Waals surface area contributed by atoms with Gasteiger partial charge >= 0.3 is 5.97 Å². The van der Waals surface area contributed by atoms with Crippen LogP contribution in [0.25, 0.3) is 11.6 Å². The van der Waals surface area contributed by atoms with Gasteiger partial charge in [0, 0.05) is 24.9 Å². The fourth-order valence-electron chi connectivity index (χ4n) is 2.59. The van der Waals surface area contributed by atoms with E-state index in [0.29, 0.717) is 0 Å². The van der Waals surface area contributed by atoms with Gasteiger partial charge in [-0.05, 0) is 24.6 Å². The monoisotopic (exact) mass is 413 g/mol. The number of Topliss-reactive ketones (excluding diaryl/α,β-unsaturated/α-hetero) is 2. The summed E-state index contributed by atoms with van der Waals surface area (Å²) in [6, 6.07) is 2.65. The van der Waals surface area contributed by atoms with Gasteiger partial charge in [0.25, 0.3) is 5.78 Å². The molecule has 0 saturated heterocycles. The summed E-state index contributed by atoms with van der Waals surface area (Å²) in [7, 11) is 0. The summed E-state index contributed by atoms with van der Waals surface area (Å²) in [5, 5.41) is 13.3. The Hall–Kier alpha value is -3.62. The average Bonchev–Trinajstić information content (AvgIpc) is 2.70. The third-order valence-electron chi connectivity index (χ3n) is 4.45. The van der Waals surface area contributed by atoms with E-state index in [1.807, 2.05) is 0 Å². The number of esters is 1. The molecule has 2 rings (SSSR count). The Morgan fingerprint density at radius 2 is 1.93 bits per heavy atom. The maximum Gasteiger partial charge on any atom is 0.342 e. The number of benzene rings is 1. The molecule has 0 aromatic heterocycles. The van der Waals surface area contributed by atoms with E-state index in [1.165, 1.54) is 30.4 Å². The number of carbonyl (C=O) groups is 4. The van der Waals surface area contributed by atoms with E-state index >= 15 is 0 Å². The van der Waals surface area contributed by atoms with E-state index in [2.05, 4.69) is 5.11 Å². The Morgan fingerprint density at radius 1 is 1.20 bits per heavy atom. The second-order valence-electron chi connectivity index (χ2n) is 6.67. The van der Waals surface area contributed by atoms with E-state index in [4.69, 9.17) is 15.0 Å². The average molecular weight is 413 g/mol. The molecule has 0 fully saturated rings. The lowest BCUT2D eigenvalue weighted by Gasteiger charge is -2.19. The minimum Gasteiger partial charge on any atom is -0.712 e. The number of allylic oxidation sites excluding steroid dienone is 2. The van der Waals surface area contributed by atoms with E-state index < -0.39 is 41.1 Å². The largest absolute Gasteiger partial charge is 0.712 e. The zero-order valence-electron chi connectivity index (χ0n) is 16.5. The van der Waals surface area contributed by atoms with Gasteiger partial charge in [0.05, 0.1) is 0 Å². The fourth-order valence-corrected chi connectivity index (χ4v) is 2.59. The second-order valence-corrected chi connectivity index (χ2v) is 6.67. The maximum absolute atomic E-state index is 12.7. The molecule has 0 saturated carbocycles. The van der Waals surface area contributed by atoms with Crippen molar-refractivity contribution in [2.45, 2.75) is 26.4 Å². The van der Waals surface area contributed by atoms with Crippen molar-refractivity contribution in [3.8, 4) is 11.5 Å². The summed E-state index contributed by atoms with van der Waals surface area (Å²) >= 11 is 0. The van der Waals surface area contributed by atoms with Crippen LogP contribution in [-0.4, -0.2) is 47.7 Å². The van der Waals surface area contributed by atoms with Crippen molar-refractivity contribution in [1.82, 2.24) is 0 Å². The Bertz CT molecular complexity index is 934. The first-order valence-corrected chi connectivity index (χ1v) is 9.22. The van der Waals surface area contributed by atoms with Crippen LogP contribution < -0.4 is 4.74 Å².